The van der Waals surface area contributed by atoms with Crippen LogP contribution in [0.5, 0.6) is 5.75 Å². The van der Waals surface area contributed by atoms with Gasteiger partial charge in [0.05, 0.1) is 39.0 Å². The molecule has 27 heteroatoms. The number of Topliss-reactive ketones (excluding diaryl/α,β-unsaturated/α-hetero) is 1. The Morgan fingerprint density at radius 2 is 1.72 bits per heavy atom. The van der Waals surface area contributed by atoms with Gasteiger partial charge in [-0.3, -0.25) is 14.1 Å². The van der Waals surface area contributed by atoms with Crippen LogP contribution >= 0.6 is 35.4 Å². The van der Waals surface area contributed by atoms with Crippen LogP contribution in [0.4, 0.5) is 23.0 Å². The van der Waals surface area contributed by atoms with Gasteiger partial charge in [0.25, 0.3) is 10.1 Å². The molecular weight excluding hydrogens is 796 g/mol. The number of thioether (sulfide) groups is 1. The zero-order valence-electron chi connectivity index (χ0n) is 24.0. The summed E-state index contributed by atoms with van der Waals surface area (Å²) in [5, 5.41) is 54.4. The van der Waals surface area contributed by atoms with E-state index in [9.17, 15) is 31.9 Å². The van der Waals surface area contributed by atoms with Crippen LogP contribution in [0, 0.1) is 0 Å². The fourth-order valence-corrected chi connectivity index (χ4v) is 6.58. The van der Waals surface area contributed by atoms with Crippen molar-refractivity contribution in [3.63, 3.8) is 0 Å². The molecule has 0 bridgehead atoms. The lowest BCUT2D eigenvalue weighted by atomic mass is 10.1. The Kier molecular flexibility index (Phi) is 14.2. The highest BCUT2D eigenvalue weighted by molar-refractivity contribution is 8.30. The van der Waals surface area contributed by atoms with Gasteiger partial charge in [0.1, 0.15) is 11.4 Å². The summed E-state index contributed by atoms with van der Waals surface area (Å²) in [5.41, 5.74) is -0.393. The van der Waals surface area contributed by atoms with Crippen LogP contribution in [0.15, 0.2) is 67.6 Å². The maximum absolute atomic E-state index is 12.4. The predicted octanol–water partition coefficient (Wildman–Crippen LogP) is 3.84. The molecule has 4 aromatic rings. The second-order valence-corrected chi connectivity index (χ2v) is 15.4. The highest BCUT2D eigenvalue weighted by Crippen LogP contribution is 2.47. The third-order valence-corrected chi connectivity index (χ3v) is 9.49. The summed E-state index contributed by atoms with van der Waals surface area (Å²) < 4.78 is 54.5. The molecule has 0 aliphatic carbocycles. The number of benzene rings is 3. The van der Waals surface area contributed by atoms with Gasteiger partial charge in [0.2, 0.25) is 11.2 Å². The maximum atomic E-state index is 12.4. The van der Waals surface area contributed by atoms with Gasteiger partial charge in [-0.15, -0.1) is 13.8 Å². The molecule has 268 valence electrons. The minimum atomic E-state index is -4.85. The molecule has 4 rings (SSSR count). The Labute approximate surface area is 297 Å². The number of nitrogens with one attached hydrogen (secondary N) is 1. The van der Waals surface area contributed by atoms with Crippen LogP contribution in [0.2, 0.25) is 5.28 Å². The van der Waals surface area contributed by atoms with E-state index in [2.05, 4.69) is 60.4 Å². The van der Waals surface area contributed by atoms with Crippen LogP contribution in [-0.4, -0.2) is 81.6 Å². The number of carbonyl (C=O) groups is 2. The van der Waals surface area contributed by atoms with E-state index in [0.29, 0.717) is 23.8 Å². The van der Waals surface area contributed by atoms with Crippen LogP contribution in [0.1, 0.15) is 10.4 Å². The molecule has 3 aromatic carbocycles. The molecule has 0 saturated heterocycles. The van der Waals surface area contributed by atoms with Gasteiger partial charge in [-0.1, -0.05) is 21.8 Å². The normalized spacial score (nSPS) is 12.8. The number of ketones is 1. The molecule has 0 fully saturated rings. The fourth-order valence-electron chi connectivity index (χ4n) is 3.75. The number of hydrogen-bond donors (Lipinski definition) is 6. The van der Waals surface area contributed by atoms with Gasteiger partial charge in [-0.25, -0.2) is 14.7 Å². The molecule has 0 aliphatic heterocycles. The van der Waals surface area contributed by atoms with E-state index in [1.54, 1.807) is 0 Å². The molecule has 1 unspecified atom stereocenters. The first-order valence-corrected chi connectivity index (χ1v) is 18.5. The van der Waals surface area contributed by atoms with Gasteiger partial charge < -0.3 is 21.0 Å². The highest BCUT2D eigenvalue weighted by Gasteiger charge is 2.23. The average Bonchev–Trinajstić information content (AvgIpc) is 3.01. The summed E-state index contributed by atoms with van der Waals surface area (Å²) in [4.78, 5) is 34.4. The third kappa shape index (κ3) is 10.9. The van der Waals surface area contributed by atoms with Crippen molar-refractivity contribution in [2.24, 2.45) is 10.2 Å². The number of fused-ring (bicyclic) bond motifs is 1. The Morgan fingerprint density at radius 1 is 1.02 bits per heavy atom. The van der Waals surface area contributed by atoms with Crippen LogP contribution in [-0.2, 0) is 53.6 Å². The summed E-state index contributed by atoms with van der Waals surface area (Å²) in [5.74, 6) is -4.09. The number of phenolic OH excluding ortho intramolecular Hbond substituents is 1. The average molecular weight is 815 g/mol. The highest BCUT2D eigenvalue weighted by atomic mass is 35.5. The second-order valence-electron chi connectivity index (χ2n) is 8.87. The van der Waals surface area contributed by atoms with E-state index in [1.165, 1.54) is 30.3 Å². The molecule has 1 heterocycles. The maximum Gasteiger partial charge on any atom is 0.313 e. The van der Waals surface area contributed by atoms with Gasteiger partial charge in [0, 0.05) is 22.1 Å². The number of aromatic hydroxyl groups is 1. The van der Waals surface area contributed by atoms with Crippen LogP contribution in [0.25, 0.3) is 10.8 Å². The largest absolute Gasteiger partial charge is 0.505 e. The fraction of sp³-hybridized carbons (Fsp3) is 0.0870. The Hall–Kier alpha value is -3.74. The minimum absolute atomic E-state index is 0. The monoisotopic (exact) mass is 814 g/mol. The smallest absolute Gasteiger partial charge is 0.313 e. The van der Waals surface area contributed by atoms with Crippen LogP contribution < -0.4 is 5.32 Å². The minimum Gasteiger partial charge on any atom is -0.505 e. The van der Waals surface area contributed by atoms with Crippen molar-refractivity contribution in [3.8, 4) is 5.75 Å². The zero-order chi connectivity index (χ0) is 35.9. The van der Waals surface area contributed by atoms with E-state index >= 15 is 0 Å². The van der Waals surface area contributed by atoms with E-state index < -0.39 is 52.8 Å². The number of aromatic nitrogens is 3. The zero-order valence-corrected chi connectivity index (χ0v) is 28.9. The summed E-state index contributed by atoms with van der Waals surface area (Å²) in [6.07, 6.45) is 0. The number of carboxylic acids is 1. The molecule has 8 N–H and O–H groups in total. The van der Waals surface area contributed by atoms with Crippen molar-refractivity contribution in [3.05, 3.63) is 53.3 Å². The summed E-state index contributed by atoms with van der Waals surface area (Å²) in [6.45, 7) is 0. The van der Waals surface area contributed by atoms with Crippen molar-refractivity contribution in [1.82, 2.24) is 15.0 Å². The first-order chi connectivity index (χ1) is 23.1. The molecule has 0 saturated carbocycles. The quantitative estimate of drug-likeness (QED) is 0.0178. The second kappa shape index (κ2) is 17.5. The molecular formula is C23H19ClN6O15S5. The summed E-state index contributed by atoms with van der Waals surface area (Å²) >= 11 is 11.5. The molecule has 1 aromatic heterocycles. The van der Waals surface area contributed by atoms with Gasteiger partial charge >= 0.3 is 5.97 Å². The molecule has 0 aliphatic rings. The molecule has 0 amide bonds. The molecule has 21 nitrogen and oxygen atoms in total. The SMILES string of the molecule is O.O=C(O)CSc1nc(Cl)nc(Nc2cc(S(=O)(=O)O)cc3cc(SOOO)c(N=Nc4ccc(C(=O)CS(=O)(=S)OOO)cc4)c(O)c23)n1. The molecule has 1 atom stereocenters. The first-order valence-electron chi connectivity index (χ1n) is 12.4. The summed E-state index contributed by atoms with van der Waals surface area (Å²) in [6, 6.07) is 8.34. The summed E-state index contributed by atoms with van der Waals surface area (Å²) in [7, 11) is -8.56. The predicted molar refractivity (Wildman–Crippen MR) is 176 cm³/mol. The van der Waals surface area contributed by atoms with Crippen molar-refractivity contribution in [2.45, 2.75) is 14.9 Å². The number of phenols is 1. The standard InChI is InChI=1S/C23H17ClN6O14S5.H2O/c24-21-26-22(28-23(27-21)46-8-17(32)33)25-14-7-13(49(38,39)40)5-11-6-16(47-43-41-35)19(20(34)18(11)14)30-29-12-3-1-10(2-4-12)15(31)9-48(37,45)44-42-36;/h1-7,34-36H,8-9H2,(H,32,33)(H,38,39,40)(H,25,26,27,28);1H2. The number of azo groups is 1. The van der Waals surface area contributed by atoms with Gasteiger partial charge in [-0.05, 0) is 59.5 Å². The lowest BCUT2D eigenvalue weighted by Gasteiger charge is -2.15. The Balaban J connectivity index is 0.00000676. The number of halogens is 1. The number of nitrogens with zero attached hydrogens (tertiary/aromatic N) is 5. The Morgan fingerprint density at radius 3 is 2.34 bits per heavy atom. The Bertz CT molecular complexity index is 2160. The van der Waals surface area contributed by atoms with Crippen molar-refractivity contribution in [1.29, 1.82) is 0 Å². The van der Waals surface area contributed by atoms with Crippen molar-refractivity contribution in [2.75, 3.05) is 16.8 Å². The number of anilines is 2. The number of carbonyl (C=O) groups excluding carboxylic acids is 1. The van der Waals surface area contributed by atoms with E-state index in [4.69, 9.17) is 27.2 Å². The molecule has 0 radical (unpaired) electrons. The number of rotatable bonds is 16. The van der Waals surface area contributed by atoms with E-state index in [0.717, 1.165) is 12.1 Å². The lowest BCUT2D eigenvalue weighted by Crippen LogP contribution is -2.17. The number of hydrogen-bond acceptors (Lipinski definition) is 21. The van der Waals surface area contributed by atoms with E-state index in [-0.39, 0.29) is 60.2 Å². The van der Waals surface area contributed by atoms with Crippen LogP contribution in [0.3, 0.4) is 0 Å². The van der Waals surface area contributed by atoms with Gasteiger partial charge in [0.15, 0.2) is 25.5 Å². The number of aliphatic carboxylic acids is 1. The topological polar surface area (TPSA) is 330 Å². The third-order valence-electron chi connectivity index (χ3n) is 5.63. The van der Waals surface area contributed by atoms with Crippen molar-refractivity contribution >= 4 is 111 Å². The van der Waals surface area contributed by atoms with E-state index in [1.807, 2.05) is 0 Å². The molecule has 0 spiro atoms. The van der Waals surface area contributed by atoms with Crippen molar-refractivity contribution < 1.29 is 71.7 Å². The first kappa shape index (κ1) is 40.7. The number of carboxylic acid groups (broad SMARTS) is 1. The lowest BCUT2D eigenvalue weighted by molar-refractivity contribution is -0.435. The molecule has 50 heavy (non-hydrogen) atoms. The van der Waals surface area contributed by atoms with Gasteiger partial charge in [-0.2, -0.15) is 28.5 Å².